The molecule has 0 amide bonds. The Balaban J connectivity index is 2.75. The van der Waals surface area contributed by atoms with Gasteiger partial charge in [0.1, 0.15) is 9.76 Å². The Labute approximate surface area is 62.5 Å². The van der Waals surface area contributed by atoms with Gasteiger partial charge in [-0.1, -0.05) is 19.8 Å². The van der Waals surface area contributed by atoms with E-state index in [0.29, 0.717) is 0 Å². The van der Waals surface area contributed by atoms with Crippen LogP contribution in [0.3, 0.4) is 0 Å². The molecule has 3 heteroatoms. The molecule has 0 spiro atoms. The molecule has 56 valence electrons. The van der Waals surface area contributed by atoms with Crippen molar-refractivity contribution in [2.45, 2.75) is 38.9 Å². The minimum Gasteiger partial charge on any atom is -0.463 e. The first kappa shape index (κ1) is 9.39. The SMILES string of the molecule is CCCC[SiH2]O[SiH](C)C. The van der Waals surface area contributed by atoms with E-state index in [1.165, 1.54) is 18.9 Å². The van der Waals surface area contributed by atoms with E-state index in [2.05, 4.69) is 20.0 Å². The Kier molecular flexibility index (Phi) is 6.80. The van der Waals surface area contributed by atoms with Gasteiger partial charge in [0.15, 0.2) is 9.04 Å². The van der Waals surface area contributed by atoms with Crippen molar-refractivity contribution in [2.24, 2.45) is 0 Å². The minimum atomic E-state index is -0.651. The third-order valence-electron chi connectivity index (χ3n) is 1.20. The van der Waals surface area contributed by atoms with Crippen LogP contribution in [0.15, 0.2) is 0 Å². The van der Waals surface area contributed by atoms with E-state index in [1.807, 2.05) is 0 Å². The summed E-state index contributed by atoms with van der Waals surface area (Å²) in [6.45, 7) is 6.74. The predicted molar refractivity (Wildman–Crippen MR) is 48.2 cm³/mol. The summed E-state index contributed by atoms with van der Waals surface area (Å²) in [7, 11) is -0.737. The molecule has 0 N–H and O–H groups in total. The number of unbranched alkanes of at least 4 members (excludes halogenated alkanes) is 1. The first-order valence-corrected chi connectivity index (χ1v) is 8.24. The van der Waals surface area contributed by atoms with Crippen LogP contribution in [0.4, 0.5) is 0 Å². The molecule has 9 heavy (non-hydrogen) atoms. The number of hydrogen-bond acceptors (Lipinski definition) is 1. The van der Waals surface area contributed by atoms with Crippen LogP contribution in [-0.2, 0) is 4.12 Å². The molecule has 0 aliphatic heterocycles. The molecule has 1 nitrogen and oxygen atoms in total. The van der Waals surface area contributed by atoms with Gasteiger partial charge in [0.25, 0.3) is 0 Å². The topological polar surface area (TPSA) is 9.23 Å². The maximum absolute atomic E-state index is 5.62. The Morgan fingerprint density at radius 1 is 1.44 bits per heavy atom. The molecule has 0 radical (unpaired) electrons. The van der Waals surface area contributed by atoms with Gasteiger partial charge in [-0.2, -0.15) is 0 Å². The first-order chi connectivity index (χ1) is 4.27. The molecular weight excluding hydrogens is 144 g/mol. The second-order valence-corrected chi connectivity index (χ2v) is 7.17. The lowest BCUT2D eigenvalue weighted by Crippen LogP contribution is -2.10. The fourth-order valence-corrected chi connectivity index (χ4v) is 3.93. The summed E-state index contributed by atoms with van der Waals surface area (Å²) in [6.07, 6.45) is 2.71. The van der Waals surface area contributed by atoms with Gasteiger partial charge in [0.05, 0.1) is 0 Å². The standard InChI is InChI=1S/C6H18OSi2/c1-4-5-6-8-7-9(2)3/h9H,4-6,8H2,1-3H3. The van der Waals surface area contributed by atoms with Crippen LogP contribution in [0.25, 0.3) is 0 Å². The summed E-state index contributed by atoms with van der Waals surface area (Å²) in [6, 6.07) is 1.39. The molecule has 0 bridgehead atoms. The number of hydrogen-bond donors (Lipinski definition) is 0. The van der Waals surface area contributed by atoms with Gasteiger partial charge in [0.2, 0.25) is 0 Å². The summed E-state index contributed by atoms with van der Waals surface area (Å²) in [4.78, 5) is 0. The summed E-state index contributed by atoms with van der Waals surface area (Å²) in [5.41, 5.74) is 0. The maximum Gasteiger partial charge on any atom is 0.156 e. The average molecular weight is 162 g/mol. The molecule has 0 aromatic carbocycles. The molecule has 0 atom stereocenters. The van der Waals surface area contributed by atoms with Crippen molar-refractivity contribution >= 4 is 18.8 Å². The smallest absolute Gasteiger partial charge is 0.156 e. The van der Waals surface area contributed by atoms with Crippen LogP contribution in [0.2, 0.25) is 19.1 Å². The minimum absolute atomic E-state index is 0.0854. The Morgan fingerprint density at radius 3 is 2.56 bits per heavy atom. The average Bonchev–Trinajstić information content (AvgIpc) is 1.80. The molecule has 0 rings (SSSR count). The summed E-state index contributed by atoms with van der Waals surface area (Å²) < 4.78 is 5.62. The van der Waals surface area contributed by atoms with E-state index >= 15 is 0 Å². The monoisotopic (exact) mass is 162 g/mol. The van der Waals surface area contributed by atoms with Crippen LogP contribution in [0, 0.1) is 0 Å². The van der Waals surface area contributed by atoms with Crippen LogP contribution in [0.1, 0.15) is 19.8 Å². The molecular formula is C6H18OSi2. The van der Waals surface area contributed by atoms with Gasteiger partial charge >= 0.3 is 0 Å². The van der Waals surface area contributed by atoms with Crippen molar-refractivity contribution < 1.29 is 4.12 Å². The van der Waals surface area contributed by atoms with E-state index < -0.39 is 9.04 Å². The predicted octanol–water partition coefficient (Wildman–Crippen LogP) is 1.29. The molecule has 0 aromatic rings. The van der Waals surface area contributed by atoms with Crippen molar-refractivity contribution in [2.75, 3.05) is 0 Å². The third-order valence-corrected chi connectivity index (χ3v) is 5.60. The maximum atomic E-state index is 5.62. The third kappa shape index (κ3) is 8.39. The van der Waals surface area contributed by atoms with Crippen LogP contribution >= 0.6 is 0 Å². The van der Waals surface area contributed by atoms with Gasteiger partial charge in [-0.15, -0.1) is 0 Å². The van der Waals surface area contributed by atoms with Crippen LogP contribution in [-0.4, -0.2) is 18.8 Å². The zero-order valence-corrected chi connectivity index (χ0v) is 9.38. The molecule has 0 saturated carbocycles. The van der Waals surface area contributed by atoms with E-state index in [1.54, 1.807) is 0 Å². The van der Waals surface area contributed by atoms with Crippen molar-refractivity contribution in [1.82, 2.24) is 0 Å². The summed E-state index contributed by atoms with van der Waals surface area (Å²) in [5, 5.41) is 0. The second kappa shape index (κ2) is 6.51. The molecule has 0 fully saturated rings. The normalized spacial score (nSPS) is 12.0. The molecule has 0 heterocycles. The van der Waals surface area contributed by atoms with Gasteiger partial charge in [-0.05, 0) is 19.1 Å². The highest BCUT2D eigenvalue weighted by Gasteiger charge is 1.93. The van der Waals surface area contributed by atoms with Crippen molar-refractivity contribution in [3.63, 3.8) is 0 Å². The first-order valence-electron chi connectivity index (χ1n) is 3.89. The fourth-order valence-electron chi connectivity index (χ4n) is 0.671. The highest BCUT2D eigenvalue weighted by Crippen LogP contribution is 1.94. The van der Waals surface area contributed by atoms with Crippen molar-refractivity contribution in [1.29, 1.82) is 0 Å². The summed E-state index contributed by atoms with van der Waals surface area (Å²) >= 11 is 0. The second-order valence-electron chi connectivity index (χ2n) is 2.63. The van der Waals surface area contributed by atoms with Gasteiger partial charge in [0, 0.05) is 0 Å². The van der Waals surface area contributed by atoms with E-state index in [9.17, 15) is 0 Å². The number of rotatable bonds is 5. The zero-order chi connectivity index (χ0) is 7.11. The van der Waals surface area contributed by atoms with Crippen LogP contribution < -0.4 is 0 Å². The lowest BCUT2D eigenvalue weighted by Gasteiger charge is -2.04. The summed E-state index contributed by atoms with van der Waals surface area (Å²) in [5.74, 6) is 0. The zero-order valence-electron chi connectivity index (χ0n) is 6.81. The Morgan fingerprint density at radius 2 is 2.11 bits per heavy atom. The molecule has 0 aliphatic rings. The highest BCUT2D eigenvalue weighted by atomic mass is 28.3. The van der Waals surface area contributed by atoms with Gasteiger partial charge in [-0.25, -0.2) is 0 Å². The fraction of sp³-hybridized carbons (Fsp3) is 1.00. The van der Waals surface area contributed by atoms with Crippen molar-refractivity contribution in [3.05, 3.63) is 0 Å². The molecule has 0 aliphatic carbocycles. The van der Waals surface area contributed by atoms with Gasteiger partial charge in [-0.3, -0.25) is 0 Å². The van der Waals surface area contributed by atoms with E-state index in [0.717, 1.165) is 0 Å². The van der Waals surface area contributed by atoms with Crippen molar-refractivity contribution in [3.8, 4) is 0 Å². The van der Waals surface area contributed by atoms with E-state index in [4.69, 9.17) is 4.12 Å². The quantitative estimate of drug-likeness (QED) is 0.437. The molecule has 0 aromatic heterocycles. The highest BCUT2D eigenvalue weighted by molar-refractivity contribution is 6.56. The Bertz CT molecular complexity index is 57.0. The Hall–Kier alpha value is 0.394. The largest absolute Gasteiger partial charge is 0.463 e. The lowest BCUT2D eigenvalue weighted by atomic mass is 10.4. The molecule has 0 saturated heterocycles. The van der Waals surface area contributed by atoms with E-state index in [-0.39, 0.29) is 9.76 Å². The lowest BCUT2D eigenvalue weighted by molar-refractivity contribution is 0.615. The van der Waals surface area contributed by atoms with Gasteiger partial charge < -0.3 is 4.12 Å². The molecule has 0 unspecified atom stereocenters. The van der Waals surface area contributed by atoms with Crippen LogP contribution in [0.5, 0.6) is 0 Å².